The highest BCUT2D eigenvalue weighted by molar-refractivity contribution is 7.89. The van der Waals surface area contributed by atoms with Crippen LogP contribution in [0.1, 0.15) is 48.7 Å². The van der Waals surface area contributed by atoms with E-state index in [1.165, 1.54) is 23.5 Å². The molecule has 2 aromatic heterocycles. The number of rotatable bonds is 8. The van der Waals surface area contributed by atoms with Crippen LogP contribution in [0.25, 0.3) is 10.2 Å². The molecule has 1 aliphatic heterocycles. The van der Waals surface area contributed by atoms with Gasteiger partial charge in [-0.2, -0.15) is 4.31 Å². The summed E-state index contributed by atoms with van der Waals surface area (Å²) in [7, 11) is -3.60. The molecule has 38 heavy (non-hydrogen) atoms. The largest absolute Gasteiger partial charge is 0.494 e. The van der Waals surface area contributed by atoms with Crippen molar-refractivity contribution in [3.63, 3.8) is 0 Å². The molecular weight excluding hydrogens is 520 g/mol. The Bertz CT molecular complexity index is 1500. The van der Waals surface area contributed by atoms with Gasteiger partial charge in [0.2, 0.25) is 10.0 Å². The van der Waals surface area contributed by atoms with Gasteiger partial charge in [0.25, 0.3) is 5.91 Å². The van der Waals surface area contributed by atoms with E-state index < -0.39 is 10.0 Å². The first-order valence-corrected chi connectivity index (χ1v) is 15.1. The average Bonchev–Trinajstić information content (AvgIpc) is 3.15. The van der Waals surface area contributed by atoms with Crippen molar-refractivity contribution in [2.45, 2.75) is 44.0 Å². The number of ether oxygens (including phenoxy) is 1. The van der Waals surface area contributed by atoms with Gasteiger partial charge in [0.1, 0.15) is 5.75 Å². The summed E-state index contributed by atoms with van der Waals surface area (Å²) in [4.78, 5) is 24.7. The van der Waals surface area contributed by atoms with E-state index in [0.29, 0.717) is 30.4 Å². The minimum absolute atomic E-state index is 0.204. The second-order valence-corrected chi connectivity index (χ2v) is 12.1. The Balaban J connectivity index is 1.45. The van der Waals surface area contributed by atoms with Gasteiger partial charge in [0.05, 0.1) is 34.0 Å². The first-order valence-electron chi connectivity index (χ1n) is 12.8. The standard InChI is InChI=1S/C28H30N4O4S2/c1-2-36-23-12-15-25-26(19-23)37-28(30-25)32(20-22-9-5-6-16-29-22)27(33)21-10-13-24(14-11-21)38(34,35)31-17-7-3-4-8-18-31/h5-6,9-16,19H,2-4,7-8,17-18,20H2,1H3. The van der Waals surface area contributed by atoms with E-state index in [1.807, 2.05) is 43.3 Å². The fraction of sp³-hybridized carbons (Fsp3) is 0.321. The van der Waals surface area contributed by atoms with E-state index in [2.05, 4.69) is 4.98 Å². The van der Waals surface area contributed by atoms with E-state index in [4.69, 9.17) is 9.72 Å². The molecule has 2 aromatic carbocycles. The summed E-state index contributed by atoms with van der Waals surface area (Å²) in [5, 5.41) is 0.533. The number of hydrogen-bond donors (Lipinski definition) is 0. The highest BCUT2D eigenvalue weighted by Crippen LogP contribution is 2.33. The number of amides is 1. The second kappa shape index (κ2) is 11.6. The zero-order valence-electron chi connectivity index (χ0n) is 21.2. The number of anilines is 1. The molecule has 8 nitrogen and oxygen atoms in total. The third-order valence-electron chi connectivity index (χ3n) is 6.49. The summed E-state index contributed by atoms with van der Waals surface area (Å²) in [5.41, 5.74) is 1.87. The molecule has 0 aliphatic carbocycles. The first kappa shape index (κ1) is 26.3. The van der Waals surface area contributed by atoms with Crippen molar-refractivity contribution in [2.24, 2.45) is 0 Å². The van der Waals surface area contributed by atoms with Gasteiger partial charge in [0.15, 0.2) is 5.13 Å². The highest BCUT2D eigenvalue weighted by Gasteiger charge is 2.27. The average molecular weight is 551 g/mol. The molecule has 0 saturated carbocycles. The van der Waals surface area contributed by atoms with Crippen LogP contribution in [-0.4, -0.2) is 48.3 Å². The number of nitrogens with zero attached hydrogens (tertiary/aromatic N) is 4. The highest BCUT2D eigenvalue weighted by atomic mass is 32.2. The van der Waals surface area contributed by atoms with E-state index in [1.54, 1.807) is 27.5 Å². The molecule has 1 aliphatic rings. The fourth-order valence-electron chi connectivity index (χ4n) is 4.50. The van der Waals surface area contributed by atoms with Crippen molar-refractivity contribution in [2.75, 3.05) is 24.6 Å². The lowest BCUT2D eigenvalue weighted by Crippen LogP contribution is -2.32. The molecule has 0 atom stereocenters. The molecule has 0 unspecified atom stereocenters. The van der Waals surface area contributed by atoms with Crippen LogP contribution in [0.3, 0.4) is 0 Å². The lowest BCUT2D eigenvalue weighted by molar-refractivity contribution is 0.0984. The van der Waals surface area contributed by atoms with Crippen molar-refractivity contribution in [1.82, 2.24) is 14.3 Å². The van der Waals surface area contributed by atoms with Gasteiger partial charge in [-0.3, -0.25) is 14.7 Å². The van der Waals surface area contributed by atoms with E-state index in [-0.39, 0.29) is 17.3 Å². The predicted octanol–water partition coefficient (Wildman–Crippen LogP) is 5.50. The number of carbonyl (C=O) groups excluding carboxylic acids is 1. The van der Waals surface area contributed by atoms with E-state index in [9.17, 15) is 13.2 Å². The molecular formula is C28H30N4O4S2. The summed E-state index contributed by atoms with van der Waals surface area (Å²) >= 11 is 1.40. The Labute approximate surface area is 227 Å². The molecule has 5 rings (SSSR count). The van der Waals surface area contributed by atoms with Crippen molar-refractivity contribution in [1.29, 1.82) is 0 Å². The predicted molar refractivity (Wildman–Crippen MR) is 149 cm³/mol. The lowest BCUT2D eigenvalue weighted by atomic mass is 10.2. The minimum atomic E-state index is -3.60. The zero-order valence-corrected chi connectivity index (χ0v) is 22.9. The Morgan fingerprint density at radius 1 is 1.03 bits per heavy atom. The summed E-state index contributed by atoms with van der Waals surface area (Å²) in [5.74, 6) is 0.470. The fourth-order valence-corrected chi connectivity index (χ4v) is 7.01. The van der Waals surface area contributed by atoms with Gasteiger partial charge in [-0.25, -0.2) is 13.4 Å². The van der Waals surface area contributed by atoms with Gasteiger partial charge < -0.3 is 4.74 Å². The Hall–Kier alpha value is -3.34. The third-order valence-corrected chi connectivity index (χ3v) is 9.44. The van der Waals surface area contributed by atoms with Crippen LogP contribution in [0, 0.1) is 0 Å². The molecule has 0 radical (unpaired) electrons. The molecule has 0 spiro atoms. The number of pyridine rings is 1. The summed E-state index contributed by atoms with van der Waals surface area (Å²) in [6.45, 7) is 3.78. The number of thiazole rings is 1. The maximum absolute atomic E-state index is 13.8. The second-order valence-electron chi connectivity index (χ2n) is 9.11. The third kappa shape index (κ3) is 5.72. The molecule has 0 bridgehead atoms. The minimum Gasteiger partial charge on any atom is -0.494 e. The molecule has 1 amide bonds. The number of aromatic nitrogens is 2. The Morgan fingerprint density at radius 2 is 1.79 bits per heavy atom. The van der Waals surface area contributed by atoms with Crippen LogP contribution >= 0.6 is 11.3 Å². The van der Waals surface area contributed by atoms with Crippen molar-refractivity contribution in [3.05, 3.63) is 78.1 Å². The van der Waals surface area contributed by atoms with Crippen LogP contribution in [0.2, 0.25) is 0 Å². The molecule has 10 heteroatoms. The first-order chi connectivity index (χ1) is 18.5. The van der Waals surface area contributed by atoms with E-state index >= 15 is 0 Å². The SMILES string of the molecule is CCOc1ccc2nc(N(Cc3ccccn3)C(=O)c3ccc(S(=O)(=O)N4CCCCCC4)cc3)sc2c1. The number of carbonyl (C=O) groups is 1. The van der Waals surface area contributed by atoms with Gasteiger partial charge >= 0.3 is 0 Å². The number of hydrogen-bond acceptors (Lipinski definition) is 7. The smallest absolute Gasteiger partial charge is 0.260 e. The van der Waals surface area contributed by atoms with Crippen molar-refractivity contribution in [3.8, 4) is 5.75 Å². The lowest BCUT2D eigenvalue weighted by Gasteiger charge is -2.21. The number of sulfonamides is 1. The van der Waals surface area contributed by atoms with Crippen LogP contribution in [0.5, 0.6) is 5.75 Å². The summed E-state index contributed by atoms with van der Waals surface area (Å²) < 4.78 is 34.5. The van der Waals surface area contributed by atoms with E-state index in [0.717, 1.165) is 47.3 Å². The topological polar surface area (TPSA) is 92.7 Å². The maximum Gasteiger partial charge on any atom is 0.260 e. The van der Waals surface area contributed by atoms with Crippen LogP contribution < -0.4 is 9.64 Å². The number of benzene rings is 2. The Morgan fingerprint density at radius 3 is 2.47 bits per heavy atom. The molecule has 0 N–H and O–H groups in total. The molecule has 198 valence electrons. The van der Waals surface area contributed by atoms with Crippen LogP contribution in [0.15, 0.2) is 71.8 Å². The summed E-state index contributed by atoms with van der Waals surface area (Å²) in [6.07, 6.45) is 5.51. The van der Waals surface area contributed by atoms with Crippen LogP contribution in [-0.2, 0) is 16.6 Å². The zero-order chi connectivity index (χ0) is 26.5. The quantitative estimate of drug-likeness (QED) is 0.288. The summed E-state index contributed by atoms with van der Waals surface area (Å²) in [6, 6.07) is 17.4. The monoisotopic (exact) mass is 550 g/mol. The van der Waals surface area contributed by atoms with Crippen molar-refractivity contribution < 1.29 is 17.9 Å². The normalized spacial score (nSPS) is 14.8. The molecule has 1 fully saturated rings. The van der Waals surface area contributed by atoms with Gasteiger partial charge in [-0.1, -0.05) is 30.2 Å². The molecule has 3 heterocycles. The van der Waals surface area contributed by atoms with Gasteiger partial charge in [-0.15, -0.1) is 0 Å². The van der Waals surface area contributed by atoms with Gasteiger partial charge in [0, 0.05) is 24.8 Å². The molecule has 1 saturated heterocycles. The van der Waals surface area contributed by atoms with Gasteiger partial charge in [-0.05, 0) is 74.4 Å². The maximum atomic E-state index is 13.8. The molecule has 4 aromatic rings. The Kier molecular flexibility index (Phi) is 8.01. The van der Waals surface area contributed by atoms with Crippen LogP contribution in [0.4, 0.5) is 5.13 Å². The van der Waals surface area contributed by atoms with Crippen molar-refractivity contribution >= 4 is 42.6 Å². The number of fused-ring (bicyclic) bond motifs is 1.